The Morgan fingerprint density at radius 2 is 1.36 bits per heavy atom. The van der Waals surface area contributed by atoms with Crippen molar-refractivity contribution in [2.45, 2.75) is 103 Å². The summed E-state index contributed by atoms with van der Waals surface area (Å²) in [5, 5.41) is 0. The van der Waals surface area contributed by atoms with Crippen molar-refractivity contribution in [3.63, 3.8) is 0 Å². The molecular formula is C20H41NO. The van der Waals surface area contributed by atoms with Crippen LogP contribution >= 0.6 is 0 Å². The molecule has 1 aliphatic rings. The van der Waals surface area contributed by atoms with Gasteiger partial charge in [0.1, 0.15) is 0 Å². The molecule has 0 spiro atoms. The van der Waals surface area contributed by atoms with Gasteiger partial charge in [-0.25, -0.2) is 0 Å². The fourth-order valence-electron chi connectivity index (χ4n) is 3.45. The second-order valence-electron chi connectivity index (χ2n) is 7.09. The smallest absolute Gasteiger partial charge is 0.0575 e. The summed E-state index contributed by atoms with van der Waals surface area (Å²) in [4.78, 5) is 2.60. The average molecular weight is 312 g/mol. The number of rotatable bonds is 15. The lowest BCUT2D eigenvalue weighted by atomic mass is 10.0. The number of unbranched alkanes of at least 4 members (excludes halogenated alkanes) is 6. The predicted octanol–water partition coefficient (Wildman–Crippen LogP) is 5.80. The maximum atomic E-state index is 6.23. The molecule has 1 rings (SSSR count). The first-order valence-corrected chi connectivity index (χ1v) is 10.2. The van der Waals surface area contributed by atoms with Gasteiger partial charge in [0.15, 0.2) is 0 Å². The van der Waals surface area contributed by atoms with Crippen molar-refractivity contribution in [2.75, 3.05) is 26.2 Å². The fourth-order valence-corrected chi connectivity index (χ4v) is 3.45. The Kier molecular flexibility index (Phi) is 13.2. The fraction of sp³-hybridized carbons (Fsp3) is 1.00. The van der Waals surface area contributed by atoms with Crippen LogP contribution in [0.1, 0.15) is 97.3 Å². The lowest BCUT2D eigenvalue weighted by Crippen LogP contribution is -2.23. The molecule has 0 bridgehead atoms. The van der Waals surface area contributed by atoms with Gasteiger partial charge in [-0.1, -0.05) is 65.2 Å². The monoisotopic (exact) mass is 311 g/mol. The van der Waals surface area contributed by atoms with Gasteiger partial charge in [0, 0.05) is 13.2 Å². The molecule has 1 heterocycles. The van der Waals surface area contributed by atoms with Crippen LogP contribution in [0.15, 0.2) is 0 Å². The summed E-state index contributed by atoms with van der Waals surface area (Å²) in [6.07, 6.45) is 18.1. The van der Waals surface area contributed by atoms with Crippen molar-refractivity contribution < 1.29 is 4.74 Å². The maximum Gasteiger partial charge on any atom is 0.0575 e. The number of likely N-dealkylation sites (tertiary alicyclic amines) is 1. The van der Waals surface area contributed by atoms with Crippen molar-refractivity contribution in [1.82, 2.24) is 4.90 Å². The molecule has 0 radical (unpaired) electrons. The van der Waals surface area contributed by atoms with Crippen LogP contribution in [0.4, 0.5) is 0 Å². The van der Waals surface area contributed by atoms with Gasteiger partial charge in [-0.05, 0) is 45.2 Å². The third kappa shape index (κ3) is 10.6. The SMILES string of the molecule is CCCCCCCC(CCCCC)OCCCN1CCCC1. The van der Waals surface area contributed by atoms with Crippen LogP contribution in [0.2, 0.25) is 0 Å². The number of ether oxygens (including phenoxy) is 1. The Hall–Kier alpha value is -0.0800. The van der Waals surface area contributed by atoms with Gasteiger partial charge in [-0.2, -0.15) is 0 Å². The minimum atomic E-state index is 0.534. The van der Waals surface area contributed by atoms with Crippen LogP contribution in [0.5, 0.6) is 0 Å². The van der Waals surface area contributed by atoms with Crippen molar-refractivity contribution >= 4 is 0 Å². The summed E-state index contributed by atoms with van der Waals surface area (Å²) in [6, 6.07) is 0. The molecule has 0 N–H and O–H groups in total. The highest BCUT2D eigenvalue weighted by Crippen LogP contribution is 2.16. The van der Waals surface area contributed by atoms with E-state index in [2.05, 4.69) is 18.7 Å². The minimum absolute atomic E-state index is 0.534. The van der Waals surface area contributed by atoms with Crippen molar-refractivity contribution in [3.05, 3.63) is 0 Å². The quantitative estimate of drug-likeness (QED) is 0.354. The van der Waals surface area contributed by atoms with E-state index in [0.717, 1.165) is 6.61 Å². The molecule has 1 atom stereocenters. The Labute approximate surface area is 140 Å². The molecule has 2 nitrogen and oxygen atoms in total. The molecule has 2 heteroatoms. The van der Waals surface area contributed by atoms with Crippen LogP contribution in [0.25, 0.3) is 0 Å². The first-order valence-electron chi connectivity index (χ1n) is 10.2. The number of hydrogen-bond donors (Lipinski definition) is 0. The van der Waals surface area contributed by atoms with Crippen LogP contribution in [-0.2, 0) is 4.74 Å². The number of hydrogen-bond acceptors (Lipinski definition) is 2. The molecular weight excluding hydrogens is 270 g/mol. The van der Waals surface area contributed by atoms with Crippen LogP contribution in [0.3, 0.4) is 0 Å². The Balaban J connectivity index is 2.07. The van der Waals surface area contributed by atoms with Gasteiger partial charge in [0.2, 0.25) is 0 Å². The molecule has 0 aromatic rings. The van der Waals surface area contributed by atoms with E-state index >= 15 is 0 Å². The van der Waals surface area contributed by atoms with E-state index in [1.54, 1.807) is 0 Å². The molecule has 1 fully saturated rings. The Morgan fingerprint density at radius 1 is 0.773 bits per heavy atom. The molecule has 0 saturated carbocycles. The van der Waals surface area contributed by atoms with Crippen molar-refractivity contribution in [2.24, 2.45) is 0 Å². The minimum Gasteiger partial charge on any atom is -0.378 e. The Bertz CT molecular complexity index is 226. The van der Waals surface area contributed by atoms with Gasteiger partial charge >= 0.3 is 0 Å². The van der Waals surface area contributed by atoms with E-state index in [1.807, 2.05) is 0 Å². The topological polar surface area (TPSA) is 12.5 Å². The second-order valence-corrected chi connectivity index (χ2v) is 7.09. The van der Waals surface area contributed by atoms with Gasteiger partial charge in [-0.3, -0.25) is 0 Å². The summed E-state index contributed by atoms with van der Waals surface area (Å²) >= 11 is 0. The lowest BCUT2D eigenvalue weighted by molar-refractivity contribution is 0.0335. The molecule has 0 amide bonds. The van der Waals surface area contributed by atoms with E-state index in [4.69, 9.17) is 4.74 Å². The van der Waals surface area contributed by atoms with Crippen LogP contribution in [-0.4, -0.2) is 37.2 Å². The number of nitrogens with zero attached hydrogens (tertiary/aromatic N) is 1. The van der Waals surface area contributed by atoms with Crippen molar-refractivity contribution in [1.29, 1.82) is 0 Å². The van der Waals surface area contributed by atoms with E-state index in [1.165, 1.54) is 103 Å². The predicted molar refractivity (Wildman–Crippen MR) is 97.5 cm³/mol. The zero-order valence-corrected chi connectivity index (χ0v) is 15.5. The summed E-state index contributed by atoms with van der Waals surface area (Å²) in [5.74, 6) is 0. The molecule has 22 heavy (non-hydrogen) atoms. The summed E-state index contributed by atoms with van der Waals surface area (Å²) in [7, 11) is 0. The van der Waals surface area contributed by atoms with Crippen molar-refractivity contribution in [3.8, 4) is 0 Å². The highest BCUT2D eigenvalue weighted by molar-refractivity contribution is 4.66. The molecule has 132 valence electrons. The summed E-state index contributed by atoms with van der Waals surface area (Å²) in [6.45, 7) is 9.43. The third-order valence-corrected chi connectivity index (χ3v) is 4.93. The first-order chi connectivity index (χ1) is 10.9. The van der Waals surface area contributed by atoms with Gasteiger partial charge < -0.3 is 9.64 Å². The van der Waals surface area contributed by atoms with Gasteiger partial charge in [0.25, 0.3) is 0 Å². The zero-order valence-electron chi connectivity index (χ0n) is 15.5. The van der Waals surface area contributed by atoms with Gasteiger partial charge in [-0.15, -0.1) is 0 Å². The van der Waals surface area contributed by atoms with E-state index in [0.29, 0.717) is 6.10 Å². The molecule has 0 aromatic heterocycles. The second kappa shape index (κ2) is 14.5. The molecule has 0 aliphatic carbocycles. The average Bonchev–Trinajstić information content (AvgIpc) is 3.04. The highest BCUT2D eigenvalue weighted by Gasteiger charge is 2.12. The molecule has 1 unspecified atom stereocenters. The summed E-state index contributed by atoms with van der Waals surface area (Å²) in [5.41, 5.74) is 0. The Morgan fingerprint density at radius 3 is 2.05 bits per heavy atom. The normalized spacial score (nSPS) is 17.2. The van der Waals surface area contributed by atoms with Gasteiger partial charge in [0.05, 0.1) is 6.10 Å². The third-order valence-electron chi connectivity index (χ3n) is 4.93. The largest absolute Gasteiger partial charge is 0.378 e. The van der Waals surface area contributed by atoms with E-state index < -0.39 is 0 Å². The molecule has 1 aliphatic heterocycles. The van der Waals surface area contributed by atoms with Crippen LogP contribution in [0, 0.1) is 0 Å². The lowest BCUT2D eigenvalue weighted by Gasteiger charge is -2.19. The highest BCUT2D eigenvalue weighted by atomic mass is 16.5. The standard InChI is InChI=1S/C20H41NO/c1-3-5-7-8-10-15-20(14-9-6-4-2)22-19-13-18-21-16-11-12-17-21/h20H,3-19H2,1-2H3. The summed E-state index contributed by atoms with van der Waals surface area (Å²) < 4.78 is 6.23. The first kappa shape index (κ1) is 20.0. The van der Waals surface area contributed by atoms with E-state index in [-0.39, 0.29) is 0 Å². The maximum absolute atomic E-state index is 6.23. The van der Waals surface area contributed by atoms with E-state index in [9.17, 15) is 0 Å². The van der Waals surface area contributed by atoms with Crippen LogP contribution < -0.4 is 0 Å². The molecule has 1 saturated heterocycles. The zero-order chi connectivity index (χ0) is 15.9. The molecule has 0 aromatic carbocycles.